The highest BCUT2D eigenvalue weighted by molar-refractivity contribution is 6.02. The summed E-state index contributed by atoms with van der Waals surface area (Å²) in [6, 6.07) is 1.76. The Labute approximate surface area is 227 Å². The van der Waals surface area contributed by atoms with E-state index < -0.39 is 23.9 Å². The van der Waals surface area contributed by atoms with Gasteiger partial charge in [-0.15, -0.1) is 0 Å². The molecule has 212 valence electrons. The van der Waals surface area contributed by atoms with E-state index in [1.165, 1.54) is 27.8 Å². The van der Waals surface area contributed by atoms with Gasteiger partial charge >= 0.3 is 0 Å². The number of methoxy groups -OCH3 is 3. The Morgan fingerprint density at radius 1 is 1.00 bits per heavy atom. The maximum atomic E-state index is 13.4. The van der Waals surface area contributed by atoms with Crippen molar-refractivity contribution in [1.29, 1.82) is 0 Å². The fraction of sp³-hybridized carbons (Fsp3) is 0.571. The third kappa shape index (κ3) is 6.46. The molecule has 2 aliphatic rings. The van der Waals surface area contributed by atoms with E-state index in [0.29, 0.717) is 59.7 Å². The second-order valence-corrected chi connectivity index (χ2v) is 10.3. The minimum atomic E-state index is -0.835. The number of carbonyl (C=O) groups is 4. The Morgan fingerprint density at radius 2 is 1.74 bits per heavy atom. The smallest absolute Gasteiger partial charge is 0.268 e. The molecule has 0 radical (unpaired) electrons. The molecule has 2 aromatic rings. The van der Waals surface area contributed by atoms with Crippen molar-refractivity contribution in [2.45, 2.75) is 63.5 Å². The average Bonchev–Trinajstić information content (AvgIpc) is 3.57. The van der Waals surface area contributed by atoms with Gasteiger partial charge in [0.25, 0.3) is 5.91 Å². The van der Waals surface area contributed by atoms with Gasteiger partial charge < -0.3 is 39.9 Å². The van der Waals surface area contributed by atoms with Crippen molar-refractivity contribution >= 4 is 34.9 Å². The number of amides is 3. The van der Waals surface area contributed by atoms with Crippen molar-refractivity contribution in [2.24, 2.45) is 11.8 Å². The average molecular weight is 543 g/mol. The van der Waals surface area contributed by atoms with Gasteiger partial charge in [0.15, 0.2) is 11.5 Å². The van der Waals surface area contributed by atoms with Crippen LogP contribution in [0.5, 0.6) is 17.2 Å². The minimum Gasteiger partial charge on any atom is -0.493 e. The molecule has 3 amide bonds. The normalized spacial score (nSPS) is 19.2. The first-order valence-electron chi connectivity index (χ1n) is 13.5. The summed E-state index contributed by atoms with van der Waals surface area (Å²) in [6.07, 6.45) is 7.31. The number of benzene rings is 1. The summed E-state index contributed by atoms with van der Waals surface area (Å²) in [5.41, 5.74) is 0.805. The highest BCUT2D eigenvalue weighted by Crippen LogP contribution is 2.43. The number of nitrogens with one attached hydrogen (secondary N) is 4. The van der Waals surface area contributed by atoms with E-state index in [-0.39, 0.29) is 23.9 Å². The van der Waals surface area contributed by atoms with E-state index in [0.717, 1.165) is 25.7 Å². The zero-order valence-electron chi connectivity index (χ0n) is 22.8. The molecule has 2 fully saturated rings. The van der Waals surface area contributed by atoms with Gasteiger partial charge in [-0.3, -0.25) is 14.4 Å². The van der Waals surface area contributed by atoms with E-state index in [4.69, 9.17) is 14.2 Å². The van der Waals surface area contributed by atoms with Crippen LogP contribution in [0.15, 0.2) is 12.1 Å². The highest BCUT2D eigenvalue weighted by Gasteiger charge is 2.31. The standard InChI is InChI=1S/C28H38N4O7/c1-37-22-14-18-13-21(31-23(18)25(39-3)24(22)38-2)28(36)32-20(11-16-7-5-4-6-8-16)27(35)30-19(15-33)12-17-9-10-29-26(17)34/h13-17,19-20,31H,4-12H2,1-3H3,(H,29,34)(H,30,35)(H,32,36)/t17-,19-,20-/m0/s1. The molecular formula is C28H38N4O7. The van der Waals surface area contributed by atoms with E-state index >= 15 is 0 Å². The Kier molecular flexibility index (Phi) is 9.32. The van der Waals surface area contributed by atoms with E-state index in [2.05, 4.69) is 20.9 Å². The van der Waals surface area contributed by atoms with Gasteiger partial charge in [0.2, 0.25) is 17.6 Å². The Hall–Kier alpha value is -3.76. The maximum Gasteiger partial charge on any atom is 0.268 e. The third-order valence-corrected chi connectivity index (χ3v) is 7.77. The maximum absolute atomic E-state index is 13.4. The van der Waals surface area contributed by atoms with Crippen LogP contribution in [-0.4, -0.2) is 68.9 Å². The van der Waals surface area contributed by atoms with Crippen molar-refractivity contribution in [1.82, 2.24) is 20.9 Å². The summed E-state index contributed by atoms with van der Waals surface area (Å²) in [5, 5.41) is 9.09. The molecule has 1 aromatic heterocycles. The van der Waals surface area contributed by atoms with Gasteiger partial charge in [-0.25, -0.2) is 0 Å². The van der Waals surface area contributed by atoms with Crippen LogP contribution < -0.4 is 30.2 Å². The monoisotopic (exact) mass is 542 g/mol. The second kappa shape index (κ2) is 12.9. The molecule has 1 aromatic carbocycles. The van der Waals surface area contributed by atoms with Crippen molar-refractivity contribution < 1.29 is 33.4 Å². The van der Waals surface area contributed by atoms with Crippen LogP contribution in [0.4, 0.5) is 0 Å². The zero-order valence-corrected chi connectivity index (χ0v) is 22.8. The van der Waals surface area contributed by atoms with Crippen molar-refractivity contribution in [2.75, 3.05) is 27.9 Å². The number of H-pyrrole nitrogens is 1. The van der Waals surface area contributed by atoms with Gasteiger partial charge in [-0.05, 0) is 37.3 Å². The second-order valence-electron chi connectivity index (χ2n) is 10.3. The number of aromatic amines is 1. The number of ether oxygens (including phenoxy) is 3. The molecule has 11 nitrogen and oxygen atoms in total. The molecule has 39 heavy (non-hydrogen) atoms. The van der Waals surface area contributed by atoms with Crippen LogP contribution in [0.3, 0.4) is 0 Å². The Balaban J connectivity index is 1.54. The number of carbonyl (C=O) groups excluding carboxylic acids is 4. The first kappa shape index (κ1) is 28.3. The lowest BCUT2D eigenvalue weighted by atomic mass is 9.84. The summed E-state index contributed by atoms with van der Waals surface area (Å²) in [5.74, 6) is 0.229. The van der Waals surface area contributed by atoms with Crippen LogP contribution in [0.25, 0.3) is 10.9 Å². The number of hydrogen-bond acceptors (Lipinski definition) is 7. The van der Waals surface area contributed by atoms with Gasteiger partial charge in [0, 0.05) is 17.8 Å². The number of rotatable bonds is 12. The largest absolute Gasteiger partial charge is 0.493 e. The first-order valence-corrected chi connectivity index (χ1v) is 13.5. The number of hydrogen-bond donors (Lipinski definition) is 4. The lowest BCUT2D eigenvalue weighted by Gasteiger charge is -2.27. The van der Waals surface area contributed by atoms with Crippen LogP contribution >= 0.6 is 0 Å². The Morgan fingerprint density at radius 3 is 2.36 bits per heavy atom. The molecule has 1 aliphatic carbocycles. The summed E-state index contributed by atoms with van der Waals surface area (Å²) in [4.78, 5) is 53.7. The highest BCUT2D eigenvalue weighted by atomic mass is 16.5. The predicted molar refractivity (Wildman–Crippen MR) is 144 cm³/mol. The zero-order chi connectivity index (χ0) is 27.9. The molecular weight excluding hydrogens is 504 g/mol. The van der Waals surface area contributed by atoms with Gasteiger partial charge in [0.1, 0.15) is 18.0 Å². The molecule has 1 aliphatic heterocycles. The fourth-order valence-electron chi connectivity index (χ4n) is 5.70. The summed E-state index contributed by atoms with van der Waals surface area (Å²) < 4.78 is 16.4. The van der Waals surface area contributed by atoms with Crippen molar-refractivity contribution in [3.63, 3.8) is 0 Å². The molecule has 0 bridgehead atoms. The quantitative estimate of drug-likeness (QED) is 0.301. The predicted octanol–water partition coefficient (Wildman–Crippen LogP) is 2.47. The first-order chi connectivity index (χ1) is 18.9. The Bertz CT molecular complexity index is 1200. The SMILES string of the molecule is COc1cc2cc(C(=O)N[C@@H](CC3CCCCC3)C(=O)N[C@H](C=O)C[C@@H]3CCNC3=O)[nH]c2c(OC)c1OC. The molecule has 1 saturated carbocycles. The van der Waals surface area contributed by atoms with Crippen LogP contribution in [0, 0.1) is 11.8 Å². The molecule has 0 unspecified atom stereocenters. The van der Waals surface area contributed by atoms with E-state index in [1.54, 1.807) is 12.1 Å². The topological polar surface area (TPSA) is 148 Å². The van der Waals surface area contributed by atoms with Gasteiger partial charge in [0.05, 0.1) is 32.9 Å². The molecule has 2 heterocycles. The number of aldehydes is 1. The van der Waals surface area contributed by atoms with E-state index in [1.807, 2.05) is 0 Å². The van der Waals surface area contributed by atoms with Gasteiger partial charge in [-0.2, -0.15) is 0 Å². The van der Waals surface area contributed by atoms with Crippen molar-refractivity contribution in [3.8, 4) is 17.2 Å². The number of fused-ring (bicyclic) bond motifs is 1. The third-order valence-electron chi connectivity index (χ3n) is 7.77. The van der Waals surface area contributed by atoms with Gasteiger partial charge in [-0.1, -0.05) is 32.1 Å². The molecule has 11 heteroatoms. The van der Waals surface area contributed by atoms with E-state index in [9.17, 15) is 19.2 Å². The number of aromatic nitrogens is 1. The van der Waals surface area contributed by atoms with Crippen LogP contribution in [0.2, 0.25) is 0 Å². The summed E-state index contributed by atoms with van der Waals surface area (Å²) in [6.45, 7) is 0.566. The van der Waals surface area contributed by atoms with Crippen LogP contribution in [-0.2, 0) is 14.4 Å². The minimum absolute atomic E-state index is 0.106. The molecule has 4 N–H and O–H groups in total. The lowest BCUT2D eigenvalue weighted by Crippen LogP contribution is -2.51. The van der Waals surface area contributed by atoms with Crippen molar-refractivity contribution in [3.05, 3.63) is 17.8 Å². The van der Waals surface area contributed by atoms with Crippen LogP contribution in [0.1, 0.15) is 61.9 Å². The summed E-state index contributed by atoms with van der Waals surface area (Å²) >= 11 is 0. The molecule has 0 spiro atoms. The lowest BCUT2D eigenvalue weighted by molar-refractivity contribution is -0.127. The summed E-state index contributed by atoms with van der Waals surface area (Å²) in [7, 11) is 4.52. The molecule has 4 rings (SSSR count). The fourth-order valence-corrected chi connectivity index (χ4v) is 5.70. The molecule has 1 saturated heterocycles. The molecule has 3 atom stereocenters.